The Hall–Kier alpha value is -3.41. The summed E-state index contributed by atoms with van der Waals surface area (Å²) in [7, 11) is 0. The quantitative estimate of drug-likeness (QED) is 0.657. The van der Waals surface area contributed by atoms with Crippen molar-refractivity contribution in [1.82, 2.24) is 4.57 Å². The number of carbonyl (C=O) groups is 2. The maximum atomic E-state index is 13.1. The fraction of sp³-hybridized carbons (Fsp3) is 0.292. The van der Waals surface area contributed by atoms with Gasteiger partial charge in [-0.15, -0.1) is 0 Å². The van der Waals surface area contributed by atoms with Crippen molar-refractivity contribution in [2.75, 3.05) is 10.6 Å². The van der Waals surface area contributed by atoms with Crippen LogP contribution in [-0.2, 0) is 9.59 Å². The summed E-state index contributed by atoms with van der Waals surface area (Å²) in [4.78, 5) is 37.2. The zero-order valence-corrected chi connectivity index (χ0v) is 18.0. The Labute approximate surface area is 175 Å². The van der Waals surface area contributed by atoms with Crippen LogP contribution in [0.1, 0.15) is 43.0 Å². The van der Waals surface area contributed by atoms with Gasteiger partial charge in [0, 0.05) is 29.8 Å². The molecule has 0 aliphatic carbocycles. The van der Waals surface area contributed by atoms with E-state index in [1.165, 1.54) is 6.92 Å². The van der Waals surface area contributed by atoms with Crippen molar-refractivity contribution >= 4 is 34.1 Å². The number of hydrogen-bond acceptors (Lipinski definition) is 3. The van der Waals surface area contributed by atoms with Gasteiger partial charge in [-0.3, -0.25) is 19.0 Å². The molecule has 6 nitrogen and oxygen atoms in total. The van der Waals surface area contributed by atoms with Gasteiger partial charge < -0.3 is 10.6 Å². The first kappa shape index (κ1) is 21.3. The van der Waals surface area contributed by atoms with E-state index in [0.717, 1.165) is 27.6 Å². The van der Waals surface area contributed by atoms with Crippen molar-refractivity contribution in [3.8, 4) is 0 Å². The molecule has 0 aliphatic rings. The zero-order valence-electron chi connectivity index (χ0n) is 18.0. The Morgan fingerprint density at radius 1 is 0.933 bits per heavy atom. The van der Waals surface area contributed by atoms with Gasteiger partial charge in [0.05, 0.1) is 5.52 Å². The van der Waals surface area contributed by atoms with Gasteiger partial charge in [0.2, 0.25) is 11.8 Å². The van der Waals surface area contributed by atoms with Gasteiger partial charge in [0.25, 0.3) is 5.56 Å². The molecular formula is C24H27N3O3. The Balaban J connectivity index is 2.00. The van der Waals surface area contributed by atoms with Gasteiger partial charge in [-0.05, 0) is 68.7 Å². The fourth-order valence-corrected chi connectivity index (χ4v) is 3.88. The van der Waals surface area contributed by atoms with E-state index in [1.807, 2.05) is 33.8 Å². The van der Waals surface area contributed by atoms with E-state index in [-0.39, 0.29) is 17.4 Å². The molecule has 0 fully saturated rings. The molecule has 6 heteroatoms. The first-order chi connectivity index (χ1) is 14.2. The van der Waals surface area contributed by atoms with Crippen molar-refractivity contribution < 1.29 is 9.59 Å². The normalized spacial score (nSPS) is 11.9. The van der Waals surface area contributed by atoms with Gasteiger partial charge in [-0.25, -0.2) is 0 Å². The average Bonchev–Trinajstić information content (AvgIpc) is 2.66. The topological polar surface area (TPSA) is 80.2 Å². The maximum absolute atomic E-state index is 13.1. The van der Waals surface area contributed by atoms with Crippen LogP contribution in [0.2, 0.25) is 0 Å². The minimum atomic E-state index is -0.642. The molecule has 3 aromatic rings. The van der Waals surface area contributed by atoms with E-state index in [0.29, 0.717) is 17.8 Å². The molecule has 30 heavy (non-hydrogen) atoms. The molecule has 1 aromatic heterocycles. The first-order valence-corrected chi connectivity index (χ1v) is 10.0. The summed E-state index contributed by atoms with van der Waals surface area (Å²) in [5.41, 5.74) is 4.86. The average molecular weight is 405 g/mol. The second kappa shape index (κ2) is 8.53. The summed E-state index contributed by atoms with van der Waals surface area (Å²) in [6.45, 7) is 9.25. The molecular weight excluding hydrogens is 378 g/mol. The Bertz CT molecular complexity index is 1180. The number of nitrogens with zero attached hydrogens (tertiary/aromatic N) is 1. The van der Waals surface area contributed by atoms with E-state index in [2.05, 4.69) is 16.7 Å². The number of aryl methyl sites for hydroxylation is 3. The van der Waals surface area contributed by atoms with Crippen LogP contribution in [-0.4, -0.2) is 16.4 Å². The van der Waals surface area contributed by atoms with Crippen molar-refractivity contribution in [3.05, 3.63) is 69.5 Å². The minimum Gasteiger partial charge on any atom is -0.326 e. The largest absolute Gasteiger partial charge is 0.326 e. The number of pyridine rings is 1. The van der Waals surface area contributed by atoms with Crippen molar-refractivity contribution in [2.45, 2.75) is 47.1 Å². The maximum Gasteiger partial charge on any atom is 0.252 e. The highest BCUT2D eigenvalue weighted by Crippen LogP contribution is 2.26. The lowest BCUT2D eigenvalue weighted by Gasteiger charge is -2.22. The van der Waals surface area contributed by atoms with E-state index in [1.54, 1.807) is 34.9 Å². The molecule has 156 valence electrons. The molecule has 0 bridgehead atoms. The first-order valence-electron chi connectivity index (χ1n) is 10.0. The number of anilines is 2. The van der Waals surface area contributed by atoms with Gasteiger partial charge in [0.15, 0.2) is 0 Å². The molecule has 3 rings (SSSR count). The van der Waals surface area contributed by atoms with Crippen molar-refractivity contribution in [3.63, 3.8) is 0 Å². The molecule has 0 aliphatic heterocycles. The SMILES string of the molecule is CCC(C(=O)Nc1ccc(NC(C)=O)cc1)n1c(=O)cc(C)c2cc(C)cc(C)c21. The number of rotatable bonds is 5. The van der Waals surface area contributed by atoms with Crippen LogP contribution in [0.25, 0.3) is 10.9 Å². The Morgan fingerprint density at radius 3 is 2.10 bits per heavy atom. The predicted octanol–water partition coefficient (Wildman–Crippen LogP) is 4.47. The lowest BCUT2D eigenvalue weighted by atomic mass is 10.0. The highest BCUT2D eigenvalue weighted by Gasteiger charge is 2.23. The lowest BCUT2D eigenvalue weighted by Crippen LogP contribution is -2.33. The highest BCUT2D eigenvalue weighted by atomic mass is 16.2. The number of nitrogens with one attached hydrogen (secondary N) is 2. The summed E-state index contributed by atoms with van der Waals surface area (Å²) in [5.74, 6) is -0.411. The van der Waals surface area contributed by atoms with Crippen LogP contribution in [0.3, 0.4) is 0 Å². The molecule has 1 unspecified atom stereocenters. The van der Waals surface area contributed by atoms with Crippen LogP contribution in [0.5, 0.6) is 0 Å². The highest BCUT2D eigenvalue weighted by molar-refractivity contribution is 5.96. The standard InChI is InChI=1S/C24H27N3O3/c1-6-21(24(30)26-19-9-7-18(8-10-19)25-17(5)28)27-22(29)13-15(3)20-12-14(2)11-16(4)23(20)27/h7-13,21H,6H2,1-5H3,(H,25,28)(H,26,30). The monoisotopic (exact) mass is 405 g/mol. The third-order valence-corrected chi connectivity index (χ3v) is 5.16. The van der Waals surface area contributed by atoms with E-state index in [9.17, 15) is 14.4 Å². The second-order valence-corrected chi connectivity index (χ2v) is 7.69. The Morgan fingerprint density at radius 2 is 1.53 bits per heavy atom. The van der Waals surface area contributed by atoms with Gasteiger partial charge in [-0.2, -0.15) is 0 Å². The van der Waals surface area contributed by atoms with Crippen LogP contribution >= 0.6 is 0 Å². The summed E-state index contributed by atoms with van der Waals surface area (Å²) in [5, 5.41) is 6.57. The molecule has 0 saturated carbocycles. The summed E-state index contributed by atoms with van der Waals surface area (Å²) in [6.07, 6.45) is 0.473. The van der Waals surface area contributed by atoms with Crippen molar-refractivity contribution in [1.29, 1.82) is 0 Å². The van der Waals surface area contributed by atoms with Crippen LogP contribution in [0.15, 0.2) is 47.3 Å². The Kier molecular flexibility index (Phi) is 6.06. The third kappa shape index (κ3) is 4.27. The molecule has 2 N–H and O–H groups in total. The molecule has 2 amide bonds. The molecule has 0 radical (unpaired) electrons. The summed E-state index contributed by atoms with van der Waals surface area (Å²) in [6, 6.07) is 11.9. The van der Waals surface area contributed by atoms with Crippen LogP contribution in [0, 0.1) is 20.8 Å². The van der Waals surface area contributed by atoms with Crippen LogP contribution in [0.4, 0.5) is 11.4 Å². The predicted molar refractivity (Wildman–Crippen MR) is 121 cm³/mol. The summed E-state index contributed by atoms with van der Waals surface area (Å²) < 4.78 is 1.61. The van der Waals surface area contributed by atoms with Gasteiger partial charge in [-0.1, -0.05) is 18.6 Å². The van der Waals surface area contributed by atoms with Crippen molar-refractivity contribution in [2.24, 2.45) is 0 Å². The summed E-state index contributed by atoms with van der Waals surface area (Å²) >= 11 is 0. The minimum absolute atomic E-state index is 0.158. The number of carbonyl (C=O) groups excluding carboxylic acids is 2. The van der Waals surface area contributed by atoms with Gasteiger partial charge >= 0.3 is 0 Å². The number of benzene rings is 2. The fourth-order valence-electron chi connectivity index (χ4n) is 3.88. The third-order valence-electron chi connectivity index (χ3n) is 5.16. The number of fused-ring (bicyclic) bond motifs is 1. The van der Waals surface area contributed by atoms with Gasteiger partial charge in [0.1, 0.15) is 6.04 Å². The van der Waals surface area contributed by atoms with Crippen LogP contribution < -0.4 is 16.2 Å². The van der Waals surface area contributed by atoms with E-state index < -0.39 is 6.04 Å². The molecule has 1 heterocycles. The number of hydrogen-bond donors (Lipinski definition) is 2. The van der Waals surface area contributed by atoms with E-state index >= 15 is 0 Å². The smallest absolute Gasteiger partial charge is 0.252 e. The number of aromatic nitrogens is 1. The zero-order chi connectivity index (χ0) is 22.0. The molecule has 2 aromatic carbocycles. The van der Waals surface area contributed by atoms with E-state index in [4.69, 9.17) is 0 Å². The second-order valence-electron chi connectivity index (χ2n) is 7.69. The molecule has 0 spiro atoms. The lowest BCUT2D eigenvalue weighted by molar-refractivity contribution is -0.119. The molecule has 0 saturated heterocycles. The molecule has 1 atom stereocenters. The number of amides is 2.